The number of hydrogen-bond acceptors (Lipinski definition) is 2. The van der Waals surface area contributed by atoms with Gasteiger partial charge in [-0.1, -0.05) is 11.6 Å². The summed E-state index contributed by atoms with van der Waals surface area (Å²) in [5.74, 6) is -2.15. The van der Waals surface area contributed by atoms with Crippen LogP contribution in [0.2, 0.25) is 5.02 Å². The van der Waals surface area contributed by atoms with Gasteiger partial charge in [0, 0.05) is 11.6 Å². The van der Waals surface area contributed by atoms with Gasteiger partial charge in [0.15, 0.2) is 0 Å². The molecule has 1 aliphatic rings. The molecule has 0 atom stereocenters. The highest BCUT2D eigenvalue weighted by molar-refractivity contribution is 6.32. The summed E-state index contributed by atoms with van der Waals surface area (Å²) in [5, 5.41) is 18.1. The van der Waals surface area contributed by atoms with Crippen LogP contribution in [0, 0.1) is 5.82 Å². The number of hydrogen-bond donors (Lipinski definition) is 2. The maximum Gasteiger partial charge on any atom is 0.314 e. The maximum atomic E-state index is 13.4. The number of carbonyl (C=O) groups is 1. The SMILES string of the molecule is O=C(O)C1(c2cc(Cl)c(O)cc2F)CC1. The second kappa shape index (κ2) is 3.10. The summed E-state index contributed by atoms with van der Waals surface area (Å²) in [5.41, 5.74) is -1.08. The zero-order chi connectivity index (χ0) is 11.2. The topological polar surface area (TPSA) is 57.5 Å². The lowest BCUT2D eigenvalue weighted by molar-refractivity contribution is -0.140. The Bertz CT molecular complexity index is 441. The molecule has 1 fully saturated rings. The molecule has 2 N–H and O–H groups in total. The predicted octanol–water partition coefficient (Wildman–Crippen LogP) is 2.30. The van der Waals surface area contributed by atoms with Crippen molar-refractivity contribution in [3.05, 3.63) is 28.5 Å². The van der Waals surface area contributed by atoms with Crippen molar-refractivity contribution >= 4 is 17.6 Å². The molecule has 0 aliphatic heterocycles. The van der Waals surface area contributed by atoms with Gasteiger partial charge in [0.2, 0.25) is 0 Å². The number of benzene rings is 1. The predicted molar refractivity (Wildman–Crippen MR) is 51.6 cm³/mol. The maximum absolute atomic E-state index is 13.4. The summed E-state index contributed by atoms with van der Waals surface area (Å²) in [4.78, 5) is 11.0. The van der Waals surface area contributed by atoms with Crippen LogP contribution in [0.25, 0.3) is 0 Å². The van der Waals surface area contributed by atoms with Crippen LogP contribution in [0.15, 0.2) is 12.1 Å². The van der Waals surface area contributed by atoms with Crippen molar-refractivity contribution in [1.82, 2.24) is 0 Å². The van der Waals surface area contributed by atoms with Crippen molar-refractivity contribution < 1.29 is 19.4 Å². The number of halogens is 2. The van der Waals surface area contributed by atoms with E-state index in [2.05, 4.69) is 0 Å². The molecule has 80 valence electrons. The van der Waals surface area contributed by atoms with Gasteiger partial charge in [-0.25, -0.2) is 4.39 Å². The Morgan fingerprint density at radius 1 is 1.47 bits per heavy atom. The molecular weight excluding hydrogens is 223 g/mol. The van der Waals surface area contributed by atoms with Crippen molar-refractivity contribution in [2.75, 3.05) is 0 Å². The van der Waals surface area contributed by atoms with E-state index < -0.39 is 17.2 Å². The Morgan fingerprint density at radius 3 is 2.53 bits per heavy atom. The van der Waals surface area contributed by atoms with Gasteiger partial charge in [-0.05, 0) is 18.9 Å². The summed E-state index contributed by atoms with van der Waals surface area (Å²) >= 11 is 5.61. The van der Waals surface area contributed by atoms with Crippen LogP contribution in [-0.2, 0) is 10.2 Å². The molecule has 1 aliphatic carbocycles. The molecule has 1 aromatic rings. The van der Waals surface area contributed by atoms with Gasteiger partial charge in [-0.15, -0.1) is 0 Å². The lowest BCUT2D eigenvalue weighted by Gasteiger charge is -2.12. The van der Waals surface area contributed by atoms with E-state index in [1.54, 1.807) is 0 Å². The molecule has 0 spiro atoms. The Hall–Kier alpha value is -1.29. The van der Waals surface area contributed by atoms with Gasteiger partial charge < -0.3 is 10.2 Å². The zero-order valence-electron chi connectivity index (χ0n) is 7.63. The van der Waals surface area contributed by atoms with E-state index in [4.69, 9.17) is 21.8 Å². The molecule has 0 bridgehead atoms. The molecule has 0 amide bonds. The van der Waals surface area contributed by atoms with Crippen LogP contribution in [0.3, 0.4) is 0 Å². The van der Waals surface area contributed by atoms with Crippen LogP contribution < -0.4 is 0 Å². The highest BCUT2D eigenvalue weighted by Gasteiger charge is 2.53. The summed E-state index contributed by atoms with van der Waals surface area (Å²) < 4.78 is 13.4. The van der Waals surface area contributed by atoms with Crippen molar-refractivity contribution in [3.8, 4) is 5.75 Å². The third-order valence-corrected chi connectivity index (χ3v) is 3.01. The first-order valence-corrected chi connectivity index (χ1v) is 4.77. The van der Waals surface area contributed by atoms with Crippen LogP contribution >= 0.6 is 11.6 Å². The second-order valence-electron chi connectivity index (χ2n) is 3.67. The first-order valence-electron chi connectivity index (χ1n) is 4.39. The molecule has 0 aromatic heterocycles. The van der Waals surface area contributed by atoms with E-state index in [1.807, 2.05) is 0 Å². The highest BCUT2D eigenvalue weighted by Crippen LogP contribution is 2.50. The fourth-order valence-corrected chi connectivity index (χ4v) is 1.79. The Labute approximate surface area is 90.1 Å². The first-order chi connectivity index (χ1) is 6.97. The van der Waals surface area contributed by atoms with E-state index in [0.29, 0.717) is 12.8 Å². The summed E-state index contributed by atoms with van der Waals surface area (Å²) in [6.07, 6.45) is 0.806. The van der Waals surface area contributed by atoms with Crippen LogP contribution in [0.1, 0.15) is 18.4 Å². The van der Waals surface area contributed by atoms with Gasteiger partial charge in [0.05, 0.1) is 10.4 Å². The van der Waals surface area contributed by atoms with Crippen molar-refractivity contribution in [3.63, 3.8) is 0 Å². The number of carboxylic acids is 1. The molecule has 2 rings (SSSR count). The summed E-state index contributed by atoms with van der Waals surface area (Å²) in [6.45, 7) is 0. The molecule has 15 heavy (non-hydrogen) atoms. The summed E-state index contributed by atoms with van der Waals surface area (Å²) in [6, 6.07) is 2.04. The van der Waals surface area contributed by atoms with Crippen molar-refractivity contribution in [1.29, 1.82) is 0 Å². The second-order valence-corrected chi connectivity index (χ2v) is 4.08. The Morgan fingerprint density at radius 2 is 2.07 bits per heavy atom. The van der Waals surface area contributed by atoms with Crippen molar-refractivity contribution in [2.24, 2.45) is 0 Å². The Kier molecular flexibility index (Phi) is 2.12. The monoisotopic (exact) mass is 230 g/mol. The van der Waals surface area contributed by atoms with Gasteiger partial charge in [0.25, 0.3) is 0 Å². The smallest absolute Gasteiger partial charge is 0.314 e. The highest BCUT2D eigenvalue weighted by atomic mass is 35.5. The number of aliphatic carboxylic acids is 1. The molecule has 5 heteroatoms. The molecule has 1 saturated carbocycles. The molecule has 0 heterocycles. The fourth-order valence-electron chi connectivity index (χ4n) is 1.63. The third-order valence-electron chi connectivity index (χ3n) is 2.71. The molecule has 3 nitrogen and oxygen atoms in total. The van der Waals surface area contributed by atoms with Crippen LogP contribution in [0.5, 0.6) is 5.75 Å². The van der Waals surface area contributed by atoms with Gasteiger partial charge >= 0.3 is 5.97 Å². The van der Waals surface area contributed by atoms with E-state index >= 15 is 0 Å². The molecule has 1 aromatic carbocycles. The molecule has 0 unspecified atom stereocenters. The van der Waals surface area contributed by atoms with E-state index in [1.165, 1.54) is 6.07 Å². The van der Waals surface area contributed by atoms with E-state index in [9.17, 15) is 9.18 Å². The lowest BCUT2D eigenvalue weighted by atomic mass is 9.95. The molecular formula is C10H8ClFO3. The van der Waals surface area contributed by atoms with Crippen LogP contribution in [-0.4, -0.2) is 16.2 Å². The van der Waals surface area contributed by atoms with Gasteiger partial charge in [-0.3, -0.25) is 4.79 Å². The zero-order valence-corrected chi connectivity index (χ0v) is 8.38. The first kappa shape index (κ1) is 10.2. The standard InChI is InChI=1S/C10H8ClFO3/c11-6-3-5(7(12)4-8(6)13)10(1-2-10)9(14)15/h3-4,13H,1-2H2,(H,14,15). The lowest BCUT2D eigenvalue weighted by Crippen LogP contribution is -2.20. The number of phenolic OH excluding ortho intramolecular Hbond substituents is 1. The fraction of sp³-hybridized carbons (Fsp3) is 0.300. The largest absolute Gasteiger partial charge is 0.506 e. The molecule has 0 radical (unpaired) electrons. The number of aromatic hydroxyl groups is 1. The van der Waals surface area contributed by atoms with E-state index in [0.717, 1.165) is 6.07 Å². The number of phenols is 1. The minimum atomic E-state index is -1.14. The van der Waals surface area contributed by atoms with Gasteiger partial charge in [0.1, 0.15) is 11.6 Å². The minimum Gasteiger partial charge on any atom is -0.506 e. The Balaban J connectivity index is 2.54. The third kappa shape index (κ3) is 1.45. The number of carboxylic acid groups (broad SMARTS) is 1. The number of rotatable bonds is 2. The van der Waals surface area contributed by atoms with Gasteiger partial charge in [-0.2, -0.15) is 0 Å². The summed E-state index contributed by atoms with van der Waals surface area (Å²) in [7, 11) is 0. The average molecular weight is 231 g/mol. The quantitative estimate of drug-likeness (QED) is 0.820. The minimum absolute atomic E-state index is 0.0288. The normalized spacial score (nSPS) is 17.5. The van der Waals surface area contributed by atoms with E-state index in [-0.39, 0.29) is 16.3 Å². The average Bonchev–Trinajstić information content (AvgIpc) is 2.92. The molecule has 0 saturated heterocycles. The van der Waals surface area contributed by atoms with Crippen LogP contribution in [0.4, 0.5) is 4.39 Å². The van der Waals surface area contributed by atoms with Crippen molar-refractivity contribution in [2.45, 2.75) is 18.3 Å².